The number of hydrogen-bond donors (Lipinski definition) is 1. The van der Waals surface area contributed by atoms with Gasteiger partial charge in [-0.05, 0) is 49.3 Å². The number of rotatable bonds is 4. The Bertz CT molecular complexity index is 1120. The molecule has 0 saturated heterocycles. The van der Waals surface area contributed by atoms with E-state index >= 15 is 0 Å². The summed E-state index contributed by atoms with van der Waals surface area (Å²) in [6, 6.07) is 6.41. The van der Waals surface area contributed by atoms with Crippen LogP contribution in [0.3, 0.4) is 0 Å². The third-order valence-corrected chi connectivity index (χ3v) is 5.96. The van der Waals surface area contributed by atoms with Crippen molar-refractivity contribution in [3.8, 4) is 11.1 Å². The van der Waals surface area contributed by atoms with Gasteiger partial charge in [0.25, 0.3) is 5.56 Å². The van der Waals surface area contributed by atoms with Gasteiger partial charge in [0.15, 0.2) is 0 Å². The van der Waals surface area contributed by atoms with Gasteiger partial charge >= 0.3 is 5.69 Å². The number of Topliss-reactive ketones (excluding diaryl/α,β-unsaturated/α-hetero) is 1. The quantitative estimate of drug-likeness (QED) is 0.768. The van der Waals surface area contributed by atoms with Crippen LogP contribution in [0.4, 0.5) is 0 Å². The van der Waals surface area contributed by atoms with E-state index in [1.807, 2.05) is 5.38 Å². The Kier molecular flexibility index (Phi) is 4.36. The number of nitrogens with zero attached hydrogens (tertiary/aromatic N) is 1. The number of H-pyrrole nitrogens is 1. The topological polar surface area (TPSA) is 71.9 Å². The average molecular weight is 368 g/mol. The van der Waals surface area contributed by atoms with Gasteiger partial charge < -0.3 is 0 Å². The molecule has 0 radical (unpaired) electrons. The molecule has 6 heteroatoms. The molecule has 1 N–H and O–H groups in total. The van der Waals surface area contributed by atoms with Gasteiger partial charge in [-0.3, -0.25) is 19.1 Å². The molecule has 0 spiro atoms. The zero-order chi connectivity index (χ0) is 18.3. The summed E-state index contributed by atoms with van der Waals surface area (Å²) in [6.07, 6.45) is 4.80. The van der Waals surface area contributed by atoms with Crippen LogP contribution in [0.5, 0.6) is 0 Å². The maximum Gasteiger partial charge on any atom is 0.329 e. The van der Waals surface area contributed by atoms with Gasteiger partial charge in [0.05, 0.1) is 5.39 Å². The second kappa shape index (κ2) is 6.68. The van der Waals surface area contributed by atoms with E-state index < -0.39 is 5.69 Å². The van der Waals surface area contributed by atoms with E-state index in [4.69, 9.17) is 0 Å². The van der Waals surface area contributed by atoms with Crippen LogP contribution in [0.15, 0.2) is 33.2 Å². The van der Waals surface area contributed by atoms with E-state index in [0.29, 0.717) is 10.2 Å². The lowest BCUT2D eigenvalue weighted by Gasteiger charge is -2.16. The van der Waals surface area contributed by atoms with Crippen LogP contribution in [0, 0.1) is 0 Å². The van der Waals surface area contributed by atoms with E-state index in [1.54, 1.807) is 0 Å². The van der Waals surface area contributed by atoms with Crippen molar-refractivity contribution in [1.82, 2.24) is 9.55 Å². The summed E-state index contributed by atoms with van der Waals surface area (Å²) < 4.78 is 1.14. The Morgan fingerprint density at radius 2 is 1.96 bits per heavy atom. The molecule has 3 aromatic rings. The second-order valence-corrected chi connectivity index (χ2v) is 7.76. The van der Waals surface area contributed by atoms with Crippen molar-refractivity contribution in [3.05, 3.63) is 55.5 Å². The van der Waals surface area contributed by atoms with Crippen molar-refractivity contribution >= 4 is 27.3 Å². The molecule has 1 aromatic carbocycles. The molecule has 0 fully saturated rings. The van der Waals surface area contributed by atoms with Gasteiger partial charge in [-0.1, -0.05) is 18.2 Å². The van der Waals surface area contributed by atoms with Crippen LogP contribution < -0.4 is 11.2 Å². The number of ketones is 1. The SMILES string of the molecule is CC(=O)CCn1c(=O)[nH]c2scc(-c3ccc4c(c3)CCCC4)c2c1=O. The minimum atomic E-state index is -0.456. The van der Waals surface area contributed by atoms with Gasteiger partial charge in [-0.15, -0.1) is 11.3 Å². The zero-order valence-corrected chi connectivity index (χ0v) is 15.4. The zero-order valence-electron chi connectivity index (χ0n) is 14.6. The molecule has 2 heterocycles. The Balaban J connectivity index is 1.86. The standard InChI is InChI=1S/C20H20N2O3S/c1-12(23)8-9-22-19(24)17-16(11-26-18(17)21-20(22)25)15-7-6-13-4-2-3-5-14(13)10-15/h6-7,10-11H,2-5,8-9H2,1H3,(H,21,25). The van der Waals surface area contributed by atoms with Crippen LogP contribution in [0.2, 0.25) is 0 Å². The summed E-state index contributed by atoms with van der Waals surface area (Å²) in [5.74, 6) is -0.0448. The van der Waals surface area contributed by atoms with Crippen molar-refractivity contribution in [2.75, 3.05) is 0 Å². The first-order valence-corrected chi connectivity index (χ1v) is 9.78. The summed E-state index contributed by atoms with van der Waals surface area (Å²) in [7, 11) is 0. The van der Waals surface area contributed by atoms with Crippen molar-refractivity contribution in [2.45, 2.75) is 45.6 Å². The Labute approximate surface area is 154 Å². The Hall–Kier alpha value is -2.47. The molecule has 2 aromatic heterocycles. The lowest BCUT2D eigenvalue weighted by Crippen LogP contribution is -2.35. The fourth-order valence-electron chi connectivity index (χ4n) is 3.64. The molecule has 0 unspecified atom stereocenters. The van der Waals surface area contributed by atoms with E-state index in [0.717, 1.165) is 28.5 Å². The number of aromatic nitrogens is 2. The second-order valence-electron chi connectivity index (χ2n) is 6.88. The fraction of sp³-hybridized carbons (Fsp3) is 0.350. The van der Waals surface area contributed by atoms with Crippen LogP contribution >= 0.6 is 11.3 Å². The summed E-state index contributed by atoms with van der Waals surface area (Å²) >= 11 is 1.37. The summed E-state index contributed by atoms with van der Waals surface area (Å²) in [5, 5.41) is 2.47. The fourth-order valence-corrected chi connectivity index (χ4v) is 4.59. The van der Waals surface area contributed by atoms with Crippen molar-refractivity contribution in [1.29, 1.82) is 0 Å². The van der Waals surface area contributed by atoms with E-state index in [2.05, 4.69) is 23.2 Å². The summed E-state index contributed by atoms with van der Waals surface area (Å²) in [4.78, 5) is 39.8. The average Bonchev–Trinajstić information content (AvgIpc) is 3.04. The molecule has 4 rings (SSSR count). The highest BCUT2D eigenvalue weighted by atomic mass is 32.1. The molecule has 1 aliphatic carbocycles. The first kappa shape index (κ1) is 17.0. The van der Waals surface area contributed by atoms with Gasteiger partial charge in [0.2, 0.25) is 0 Å². The summed E-state index contributed by atoms with van der Waals surface area (Å²) in [5.41, 5.74) is 3.85. The number of fused-ring (bicyclic) bond motifs is 2. The first-order valence-electron chi connectivity index (χ1n) is 8.90. The highest BCUT2D eigenvalue weighted by Gasteiger charge is 2.17. The third-order valence-electron chi connectivity index (χ3n) is 5.06. The molecule has 0 saturated carbocycles. The first-order chi connectivity index (χ1) is 12.5. The highest BCUT2D eigenvalue weighted by molar-refractivity contribution is 7.17. The number of carbonyl (C=O) groups excluding carboxylic acids is 1. The molecule has 0 amide bonds. The number of aromatic amines is 1. The molecular formula is C20H20N2O3S. The smallest absolute Gasteiger partial charge is 0.300 e. The molecule has 26 heavy (non-hydrogen) atoms. The monoisotopic (exact) mass is 368 g/mol. The van der Waals surface area contributed by atoms with Gasteiger partial charge in [-0.2, -0.15) is 0 Å². The predicted molar refractivity (Wildman–Crippen MR) is 104 cm³/mol. The molecular weight excluding hydrogens is 348 g/mol. The van der Waals surface area contributed by atoms with Crippen molar-refractivity contribution in [2.24, 2.45) is 0 Å². The van der Waals surface area contributed by atoms with E-state index in [-0.39, 0.29) is 24.3 Å². The Morgan fingerprint density at radius 1 is 1.19 bits per heavy atom. The number of thiophene rings is 1. The summed E-state index contributed by atoms with van der Waals surface area (Å²) in [6.45, 7) is 1.57. The lowest BCUT2D eigenvalue weighted by atomic mass is 9.89. The maximum atomic E-state index is 12.9. The third kappa shape index (κ3) is 2.94. The van der Waals surface area contributed by atoms with Crippen LogP contribution in [-0.4, -0.2) is 15.3 Å². The van der Waals surface area contributed by atoms with Gasteiger partial charge in [0.1, 0.15) is 10.6 Å². The van der Waals surface area contributed by atoms with Crippen LogP contribution in [0.1, 0.15) is 37.3 Å². The van der Waals surface area contributed by atoms with Crippen molar-refractivity contribution < 1.29 is 4.79 Å². The molecule has 0 atom stereocenters. The lowest BCUT2D eigenvalue weighted by molar-refractivity contribution is -0.117. The van der Waals surface area contributed by atoms with Gasteiger partial charge in [-0.25, -0.2) is 4.79 Å². The molecule has 5 nitrogen and oxygen atoms in total. The number of aryl methyl sites for hydroxylation is 2. The highest BCUT2D eigenvalue weighted by Crippen LogP contribution is 2.33. The number of carbonyl (C=O) groups is 1. The van der Waals surface area contributed by atoms with Crippen molar-refractivity contribution in [3.63, 3.8) is 0 Å². The van der Waals surface area contributed by atoms with Crippen LogP contribution in [-0.2, 0) is 24.2 Å². The minimum Gasteiger partial charge on any atom is -0.300 e. The Morgan fingerprint density at radius 3 is 2.73 bits per heavy atom. The number of hydrogen-bond acceptors (Lipinski definition) is 4. The van der Waals surface area contributed by atoms with Crippen LogP contribution in [0.25, 0.3) is 21.3 Å². The number of benzene rings is 1. The molecule has 0 aliphatic heterocycles. The normalized spacial score (nSPS) is 13.7. The molecule has 134 valence electrons. The minimum absolute atomic E-state index is 0.0448. The van der Waals surface area contributed by atoms with Gasteiger partial charge in [0, 0.05) is 23.9 Å². The molecule has 1 aliphatic rings. The maximum absolute atomic E-state index is 12.9. The van der Waals surface area contributed by atoms with E-state index in [9.17, 15) is 14.4 Å². The number of nitrogens with one attached hydrogen (secondary N) is 1. The predicted octanol–water partition coefficient (Wildman–Crippen LogP) is 3.28. The largest absolute Gasteiger partial charge is 0.329 e. The van der Waals surface area contributed by atoms with E-state index in [1.165, 1.54) is 42.2 Å². The molecule has 0 bridgehead atoms.